The van der Waals surface area contributed by atoms with E-state index in [1.54, 1.807) is 0 Å². The maximum atomic E-state index is 4.61. The Kier molecular flexibility index (Phi) is 4.18. The van der Waals surface area contributed by atoms with E-state index in [0.717, 1.165) is 18.5 Å². The Labute approximate surface area is 134 Å². The van der Waals surface area contributed by atoms with E-state index >= 15 is 0 Å². The highest BCUT2D eigenvalue weighted by Gasteiger charge is 2.33. The first kappa shape index (κ1) is 14.8. The Morgan fingerprint density at radius 2 is 2.19 bits per heavy atom. The second-order valence-electron chi connectivity index (χ2n) is 5.79. The predicted octanol–water partition coefficient (Wildman–Crippen LogP) is 3.22. The molecule has 0 fully saturated rings. The lowest BCUT2D eigenvalue weighted by atomic mass is 9.72. The number of aryl methyl sites for hydroxylation is 2. The minimum Gasteiger partial charge on any atom is -0.316 e. The van der Waals surface area contributed by atoms with Gasteiger partial charge in [0.05, 0.1) is 15.9 Å². The molecule has 0 radical (unpaired) electrons. The molecule has 0 saturated carbocycles. The maximum Gasteiger partial charge on any atom is 0.0766 e. The van der Waals surface area contributed by atoms with Gasteiger partial charge < -0.3 is 5.32 Å². The SMILES string of the molecule is CCc1nn(C)c(CC(NC)C2Cc3ccccc32)c1Br. The molecule has 1 aromatic carbocycles. The van der Waals surface area contributed by atoms with Gasteiger partial charge in [-0.1, -0.05) is 31.2 Å². The summed E-state index contributed by atoms with van der Waals surface area (Å²) in [7, 11) is 4.11. The average molecular weight is 348 g/mol. The lowest BCUT2D eigenvalue weighted by Crippen LogP contribution is -2.40. The smallest absolute Gasteiger partial charge is 0.0766 e. The minimum absolute atomic E-state index is 0.455. The number of rotatable bonds is 5. The molecule has 1 aliphatic rings. The first-order chi connectivity index (χ1) is 10.2. The molecule has 1 N–H and O–H groups in total. The number of fused-ring (bicyclic) bond motifs is 1. The van der Waals surface area contributed by atoms with Gasteiger partial charge >= 0.3 is 0 Å². The van der Waals surface area contributed by atoms with Crippen LogP contribution >= 0.6 is 15.9 Å². The molecular weight excluding hydrogens is 326 g/mol. The summed E-state index contributed by atoms with van der Waals surface area (Å²) in [6.45, 7) is 2.15. The summed E-state index contributed by atoms with van der Waals surface area (Å²) in [5.41, 5.74) is 5.44. The summed E-state index contributed by atoms with van der Waals surface area (Å²) in [5.74, 6) is 0.609. The predicted molar refractivity (Wildman–Crippen MR) is 89.7 cm³/mol. The van der Waals surface area contributed by atoms with Crippen molar-refractivity contribution in [2.75, 3.05) is 7.05 Å². The third-order valence-electron chi connectivity index (χ3n) is 4.67. The van der Waals surface area contributed by atoms with Gasteiger partial charge in [-0.05, 0) is 46.9 Å². The van der Waals surface area contributed by atoms with Crippen LogP contribution in [0.15, 0.2) is 28.7 Å². The zero-order valence-electron chi connectivity index (χ0n) is 12.9. The van der Waals surface area contributed by atoms with Crippen molar-refractivity contribution in [2.45, 2.75) is 38.1 Å². The van der Waals surface area contributed by atoms with Crippen molar-refractivity contribution in [3.05, 3.63) is 51.3 Å². The molecule has 0 spiro atoms. The fraction of sp³-hybridized carbons (Fsp3) is 0.471. The van der Waals surface area contributed by atoms with E-state index < -0.39 is 0 Å². The molecule has 0 aliphatic heterocycles. The Hall–Kier alpha value is -1.13. The highest BCUT2D eigenvalue weighted by atomic mass is 79.9. The minimum atomic E-state index is 0.455. The standard InChI is InChI=1S/C17H22BrN3/c1-4-14-17(18)16(21(3)20-14)10-15(19-2)13-9-11-7-5-6-8-12(11)13/h5-8,13,15,19H,4,9-10H2,1-3H3. The van der Waals surface area contributed by atoms with E-state index in [1.807, 2.05) is 11.7 Å². The van der Waals surface area contributed by atoms with Gasteiger partial charge in [-0.3, -0.25) is 4.68 Å². The first-order valence-electron chi connectivity index (χ1n) is 7.61. The summed E-state index contributed by atoms with van der Waals surface area (Å²) >= 11 is 3.73. The van der Waals surface area contributed by atoms with Gasteiger partial charge in [0.2, 0.25) is 0 Å². The van der Waals surface area contributed by atoms with E-state index in [0.29, 0.717) is 12.0 Å². The zero-order chi connectivity index (χ0) is 15.0. The largest absolute Gasteiger partial charge is 0.316 e. The molecule has 2 atom stereocenters. The van der Waals surface area contributed by atoms with Crippen LogP contribution in [0, 0.1) is 0 Å². The molecule has 112 valence electrons. The quantitative estimate of drug-likeness (QED) is 0.899. The van der Waals surface area contributed by atoms with Crippen LogP contribution in [0.5, 0.6) is 0 Å². The number of nitrogens with zero attached hydrogens (tertiary/aromatic N) is 2. The van der Waals surface area contributed by atoms with Crippen LogP contribution in [0.1, 0.15) is 35.4 Å². The summed E-state index contributed by atoms with van der Waals surface area (Å²) in [5, 5.41) is 8.12. The fourth-order valence-electron chi connectivity index (χ4n) is 3.35. The first-order valence-corrected chi connectivity index (χ1v) is 8.40. The van der Waals surface area contributed by atoms with Gasteiger partial charge in [-0.25, -0.2) is 0 Å². The zero-order valence-corrected chi connectivity index (χ0v) is 14.4. The highest BCUT2D eigenvalue weighted by molar-refractivity contribution is 9.10. The number of hydrogen-bond donors (Lipinski definition) is 1. The van der Waals surface area contributed by atoms with Crippen molar-refractivity contribution in [1.29, 1.82) is 0 Å². The monoisotopic (exact) mass is 347 g/mol. The number of hydrogen-bond acceptors (Lipinski definition) is 2. The van der Waals surface area contributed by atoms with Gasteiger partial charge in [0.15, 0.2) is 0 Å². The van der Waals surface area contributed by atoms with Crippen LogP contribution in [-0.4, -0.2) is 22.9 Å². The third kappa shape index (κ3) is 2.55. The van der Waals surface area contributed by atoms with Crippen molar-refractivity contribution < 1.29 is 0 Å². The van der Waals surface area contributed by atoms with Crippen molar-refractivity contribution in [3.8, 4) is 0 Å². The molecule has 2 unspecified atom stereocenters. The van der Waals surface area contributed by atoms with Crippen molar-refractivity contribution >= 4 is 15.9 Å². The van der Waals surface area contributed by atoms with E-state index in [1.165, 1.54) is 27.7 Å². The summed E-state index contributed by atoms with van der Waals surface area (Å²) in [6, 6.07) is 9.25. The molecular formula is C17H22BrN3. The van der Waals surface area contributed by atoms with Gasteiger partial charge in [-0.15, -0.1) is 0 Å². The third-order valence-corrected chi connectivity index (χ3v) is 5.58. The molecule has 3 rings (SSSR count). The summed E-state index contributed by atoms with van der Waals surface area (Å²) < 4.78 is 3.21. The van der Waals surface area contributed by atoms with E-state index in [2.05, 4.69) is 64.6 Å². The second kappa shape index (κ2) is 5.93. The van der Waals surface area contributed by atoms with Crippen LogP contribution < -0.4 is 5.32 Å². The van der Waals surface area contributed by atoms with Crippen LogP contribution in [0.2, 0.25) is 0 Å². The molecule has 4 heteroatoms. The van der Waals surface area contributed by atoms with E-state index in [9.17, 15) is 0 Å². The van der Waals surface area contributed by atoms with Crippen molar-refractivity contribution in [1.82, 2.24) is 15.1 Å². The topological polar surface area (TPSA) is 29.9 Å². The van der Waals surface area contributed by atoms with Crippen LogP contribution in [0.4, 0.5) is 0 Å². The molecule has 1 aromatic heterocycles. The second-order valence-corrected chi connectivity index (χ2v) is 6.59. The van der Waals surface area contributed by atoms with Crippen LogP contribution in [0.25, 0.3) is 0 Å². The van der Waals surface area contributed by atoms with Crippen LogP contribution in [-0.2, 0) is 26.3 Å². The Balaban J connectivity index is 1.82. The van der Waals surface area contributed by atoms with Gasteiger partial charge in [0, 0.05) is 25.4 Å². The number of benzene rings is 1. The lowest BCUT2D eigenvalue weighted by Gasteiger charge is -2.36. The summed E-state index contributed by atoms with van der Waals surface area (Å²) in [6.07, 6.45) is 3.14. The van der Waals surface area contributed by atoms with Gasteiger partial charge in [-0.2, -0.15) is 5.10 Å². The molecule has 2 aromatic rings. The number of nitrogens with one attached hydrogen (secondary N) is 1. The summed E-state index contributed by atoms with van der Waals surface area (Å²) in [4.78, 5) is 0. The Bertz CT molecular complexity index is 647. The van der Waals surface area contributed by atoms with Gasteiger partial charge in [0.25, 0.3) is 0 Å². The highest BCUT2D eigenvalue weighted by Crippen LogP contribution is 2.38. The van der Waals surface area contributed by atoms with E-state index in [4.69, 9.17) is 0 Å². The number of aromatic nitrogens is 2. The number of likely N-dealkylation sites (N-methyl/N-ethyl adjacent to an activating group) is 1. The molecule has 0 saturated heterocycles. The normalized spacial score (nSPS) is 18.2. The average Bonchev–Trinajstić information content (AvgIpc) is 2.74. The molecule has 21 heavy (non-hydrogen) atoms. The molecule has 3 nitrogen and oxygen atoms in total. The number of halogens is 1. The Morgan fingerprint density at radius 3 is 2.81 bits per heavy atom. The molecule has 1 aliphatic carbocycles. The Morgan fingerprint density at radius 1 is 1.43 bits per heavy atom. The van der Waals surface area contributed by atoms with Gasteiger partial charge in [0.1, 0.15) is 0 Å². The van der Waals surface area contributed by atoms with Crippen molar-refractivity contribution in [2.24, 2.45) is 7.05 Å². The van der Waals surface area contributed by atoms with E-state index in [-0.39, 0.29) is 0 Å². The van der Waals surface area contributed by atoms with Crippen molar-refractivity contribution in [3.63, 3.8) is 0 Å². The molecule has 0 amide bonds. The molecule has 0 bridgehead atoms. The lowest BCUT2D eigenvalue weighted by molar-refractivity contribution is 0.414. The van der Waals surface area contributed by atoms with Crippen LogP contribution in [0.3, 0.4) is 0 Å². The maximum absolute atomic E-state index is 4.61. The molecule has 1 heterocycles. The fourth-order valence-corrected chi connectivity index (χ4v) is 4.13.